The largest absolute Gasteiger partial charge is 0.366 e. The van der Waals surface area contributed by atoms with Crippen LogP contribution in [0.25, 0.3) is 11.4 Å². The quantitative estimate of drug-likeness (QED) is 0.908. The highest BCUT2D eigenvalue weighted by molar-refractivity contribution is 5.57. The number of anilines is 1. The molecule has 0 spiro atoms. The summed E-state index contributed by atoms with van der Waals surface area (Å²) < 4.78 is 2.07. The van der Waals surface area contributed by atoms with E-state index < -0.39 is 0 Å². The van der Waals surface area contributed by atoms with Crippen molar-refractivity contribution in [3.63, 3.8) is 0 Å². The molecular formula is C16H23N5. The fourth-order valence-corrected chi connectivity index (χ4v) is 2.87. The fourth-order valence-electron chi connectivity index (χ4n) is 2.87. The highest BCUT2D eigenvalue weighted by Gasteiger charge is 2.18. The Morgan fingerprint density at radius 1 is 1.33 bits per heavy atom. The van der Waals surface area contributed by atoms with Gasteiger partial charge in [-0.2, -0.15) is 0 Å². The van der Waals surface area contributed by atoms with E-state index in [1.807, 2.05) is 38.4 Å². The number of rotatable bonds is 3. The van der Waals surface area contributed by atoms with Crippen molar-refractivity contribution in [1.29, 1.82) is 0 Å². The molecule has 1 aliphatic heterocycles. The molecule has 1 fully saturated rings. The molecule has 0 unspecified atom stereocenters. The molecule has 5 nitrogen and oxygen atoms in total. The second-order valence-electron chi connectivity index (χ2n) is 6.00. The number of aryl methyl sites for hydroxylation is 1. The second kappa shape index (κ2) is 5.85. The molecule has 0 aromatic carbocycles. The predicted octanol–water partition coefficient (Wildman–Crippen LogP) is 2.20. The first-order valence-corrected chi connectivity index (χ1v) is 7.56. The summed E-state index contributed by atoms with van der Waals surface area (Å²) in [7, 11) is 2.02. The van der Waals surface area contributed by atoms with Gasteiger partial charge in [0.05, 0.1) is 17.6 Å². The van der Waals surface area contributed by atoms with Crippen molar-refractivity contribution in [2.45, 2.75) is 26.3 Å². The smallest absolute Gasteiger partial charge is 0.126 e. The van der Waals surface area contributed by atoms with Crippen LogP contribution < -0.4 is 10.6 Å². The third-order valence-electron chi connectivity index (χ3n) is 4.15. The number of nitrogens with one attached hydrogen (secondary N) is 2. The van der Waals surface area contributed by atoms with Crippen molar-refractivity contribution in [3.8, 4) is 11.4 Å². The molecule has 5 heteroatoms. The molecule has 3 rings (SSSR count). The predicted molar refractivity (Wildman–Crippen MR) is 85.2 cm³/mol. The normalized spacial score (nSPS) is 22.2. The molecule has 1 aliphatic rings. The van der Waals surface area contributed by atoms with Crippen LogP contribution in [-0.2, 0) is 7.05 Å². The van der Waals surface area contributed by atoms with Gasteiger partial charge in [-0.25, -0.2) is 9.97 Å². The van der Waals surface area contributed by atoms with E-state index in [1.165, 1.54) is 6.42 Å². The molecule has 0 radical (unpaired) electrons. The van der Waals surface area contributed by atoms with Gasteiger partial charge in [0.1, 0.15) is 11.6 Å². The Morgan fingerprint density at radius 3 is 2.90 bits per heavy atom. The Morgan fingerprint density at radius 2 is 2.19 bits per heavy atom. The topological polar surface area (TPSA) is 54.8 Å². The maximum absolute atomic E-state index is 4.74. The number of pyridine rings is 1. The third-order valence-corrected chi connectivity index (χ3v) is 4.15. The Balaban J connectivity index is 1.78. The zero-order valence-corrected chi connectivity index (χ0v) is 12.9. The summed E-state index contributed by atoms with van der Waals surface area (Å²) >= 11 is 0. The summed E-state index contributed by atoms with van der Waals surface area (Å²) in [6.07, 6.45) is 3.06. The number of imidazole rings is 1. The van der Waals surface area contributed by atoms with Gasteiger partial charge in [0, 0.05) is 19.6 Å². The van der Waals surface area contributed by atoms with E-state index in [1.54, 1.807) is 0 Å². The Labute approximate surface area is 125 Å². The maximum Gasteiger partial charge on any atom is 0.126 e. The van der Waals surface area contributed by atoms with Crippen LogP contribution in [0.2, 0.25) is 0 Å². The molecule has 0 bridgehead atoms. The van der Waals surface area contributed by atoms with Crippen LogP contribution in [0, 0.1) is 12.8 Å². The Hall–Kier alpha value is -1.88. The summed E-state index contributed by atoms with van der Waals surface area (Å²) in [5.74, 6) is 2.64. The van der Waals surface area contributed by atoms with Crippen LogP contribution in [0.15, 0.2) is 24.4 Å². The van der Waals surface area contributed by atoms with Crippen molar-refractivity contribution >= 4 is 5.82 Å². The summed E-state index contributed by atoms with van der Waals surface area (Å²) in [4.78, 5) is 9.08. The fraction of sp³-hybridized carbons (Fsp3) is 0.500. The van der Waals surface area contributed by atoms with E-state index in [4.69, 9.17) is 4.98 Å². The molecule has 2 N–H and O–H groups in total. The molecular weight excluding hydrogens is 262 g/mol. The second-order valence-corrected chi connectivity index (χ2v) is 6.00. The lowest BCUT2D eigenvalue weighted by molar-refractivity contribution is 0.378. The van der Waals surface area contributed by atoms with E-state index in [0.29, 0.717) is 12.0 Å². The zero-order valence-electron chi connectivity index (χ0n) is 12.9. The molecule has 2 aromatic rings. The first-order chi connectivity index (χ1) is 10.1. The molecule has 0 amide bonds. The van der Waals surface area contributed by atoms with Crippen LogP contribution in [0.3, 0.4) is 0 Å². The lowest BCUT2D eigenvalue weighted by Gasteiger charge is -2.28. The van der Waals surface area contributed by atoms with Crippen molar-refractivity contribution in [2.75, 3.05) is 18.4 Å². The first-order valence-electron chi connectivity index (χ1n) is 7.56. The maximum atomic E-state index is 4.74. The number of aromatic nitrogens is 3. The van der Waals surface area contributed by atoms with Gasteiger partial charge >= 0.3 is 0 Å². The number of piperidine rings is 1. The van der Waals surface area contributed by atoms with Crippen LogP contribution >= 0.6 is 0 Å². The number of hydrogen-bond acceptors (Lipinski definition) is 4. The minimum atomic E-state index is 0.449. The number of hydrogen-bond donors (Lipinski definition) is 2. The van der Waals surface area contributed by atoms with E-state index in [2.05, 4.69) is 27.1 Å². The summed E-state index contributed by atoms with van der Waals surface area (Å²) in [5, 5.41) is 7.00. The van der Waals surface area contributed by atoms with Gasteiger partial charge in [-0.3, -0.25) is 0 Å². The lowest BCUT2D eigenvalue weighted by atomic mass is 9.98. The summed E-state index contributed by atoms with van der Waals surface area (Å²) in [6, 6.07) is 6.56. The minimum Gasteiger partial charge on any atom is -0.366 e. The van der Waals surface area contributed by atoms with Crippen LogP contribution in [-0.4, -0.2) is 33.7 Å². The zero-order chi connectivity index (χ0) is 14.8. The van der Waals surface area contributed by atoms with Crippen LogP contribution in [0.4, 0.5) is 5.82 Å². The molecule has 3 heterocycles. The highest BCUT2D eigenvalue weighted by Crippen LogP contribution is 2.20. The molecule has 21 heavy (non-hydrogen) atoms. The summed E-state index contributed by atoms with van der Waals surface area (Å²) in [5.41, 5.74) is 2.01. The Kier molecular flexibility index (Phi) is 3.92. The van der Waals surface area contributed by atoms with Gasteiger partial charge in [0.2, 0.25) is 0 Å². The standard InChI is InChI=1S/C16H23N5/c1-11-7-13(9-17-8-11)19-16-6-4-5-14(20-16)15-10-18-12(2)21(15)3/h4-6,10-11,13,17H,7-9H2,1-3H3,(H,19,20)/t11-,13+/m0/s1. The van der Waals surface area contributed by atoms with Gasteiger partial charge in [0.15, 0.2) is 0 Å². The molecule has 1 saturated heterocycles. The molecule has 0 saturated carbocycles. The average Bonchev–Trinajstić information content (AvgIpc) is 2.79. The van der Waals surface area contributed by atoms with Crippen molar-refractivity contribution < 1.29 is 0 Å². The third kappa shape index (κ3) is 3.08. The number of nitrogens with zero attached hydrogens (tertiary/aromatic N) is 3. The Bertz CT molecular complexity index is 619. The van der Waals surface area contributed by atoms with Crippen molar-refractivity contribution in [1.82, 2.24) is 19.9 Å². The molecule has 2 atom stereocenters. The van der Waals surface area contributed by atoms with E-state index >= 15 is 0 Å². The van der Waals surface area contributed by atoms with Gasteiger partial charge < -0.3 is 15.2 Å². The van der Waals surface area contributed by atoms with E-state index in [9.17, 15) is 0 Å². The molecule has 0 aliphatic carbocycles. The lowest BCUT2D eigenvalue weighted by Crippen LogP contribution is -2.42. The van der Waals surface area contributed by atoms with Crippen molar-refractivity contribution in [3.05, 3.63) is 30.2 Å². The van der Waals surface area contributed by atoms with Gasteiger partial charge in [0.25, 0.3) is 0 Å². The molecule has 112 valence electrons. The van der Waals surface area contributed by atoms with E-state index in [0.717, 1.165) is 36.1 Å². The SMILES string of the molecule is Cc1ncc(-c2cccc(N[C@H]3CNC[C@@H](C)C3)n2)n1C. The minimum absolute atomic E-state index is 0.449. The van der Waals surface area contributed by atoms with Gasteiger partial charge in [-0.1, -0.05) is 13.0 Å². The van der Waals surface area contributed by atoms with Gasteiger partial charge in [-0.15, -0.1) is 0 Å². The monoisotopic (exact) mass is 285 g/mol. The van der Waals surface area contributed by atoms with Crippen LogP contribution in [0.1, 0.15) is 19.2 Å². The first kappa shape index (κ1) is 14.1. The van der Waals surface area contributed by atoms with Crippen molar-refractivity contribution in [2.24, 2.45) is 13.0 Å². The van der Waals surface area contributed by atoms with Gasteiger partial charge in [-0.05, 0) is 37.9 Å². The van der Waals surface area contributed by atoms with E-state index in [-0.39, 0.29) is 0 Å². The molecule has 2 aromatic heterocycles. The highest BCUT2D eigenvalue weighted by atomic mass is 15.1. The van der Waals surface area contributed by atoms with Crippen LogP contribution in [0.5, 0.6) is 0 Å². The average molecular weight is 285 g/mol. The summed E-state index contributed by atoms with van der Waals surface area (Å²) in [6.45, 7) is 6.39.